The van der Waals surface area contributed by atoms with Gasteiger partial charge in [-0.1, -0.05) is 58.4 Å². The number of halogens is 1. The van der Waals surface area contributed by atoms with Crippen molar-refractivity contribution in [2.45, 2.75) is 6.61 Å². The molecule has 1 aliphatic heterocycles. The Hall–Kier alpha value is -2.83. The van der Waals surface area contributed by atoms with Crippen LogP contribution in [0, 0.1) is 0 Å². The molecule has 0 unspecified atom stereocenters. The largest absolute Gasteiger partial charge is 0.489 e. The van der Waals surface area contributed by atoms with Crippen LogP contribution in [-0.4, -0.2) is 11.1 Å². The molecule has 1 amide bonds. The van der Waals surface area contributed by atoms with E-state index in [1.807, 2.05) is 84.9 Å². The first kappa shape index (κ1) is 19.5. The molecule has 1 fully saturated rings. The van der Waals surface area contributed by atoms with Crippen LogP contribution in [-0.2, 0) is 11.4 Å². The molecule has 1 aliphatic rings. The number of amidine groups is 1. The number of benzene rings is 3. The number of para-hydroxylation sites is 1. The van der Waals surface area contributed by atoms with Crippen LogP contribution < -0.4 is 10.1 Å². The number of nitrogens with one attached hydrogen (secondary N) is 1. The van der Waals surface area contributed by atoms with Crippen molar-refractivity contribution in [3.8, 4) is 5.75 Å². The molecule has 1 saturated heterocycles. The molecule has 0 radical (unpaired) electrons. The lowest BCUT2D eigenvalue weighted by atomic mass is 10.2. The van der Waals surface area contributed by atoms with Gasteiger partial charge < -0.3 is 10.1 Å². The molecule has 0 aromatic heterocycles. The van der Waals surface area contributed by atoms with Gasteiger partial charge in [0, 0.05) is 4.47 Å². The molecule has 0 aliphatic carbocycles. The molecule has 4 rings (SSSR count). The maximum Gasteiger partial charge on any atom is 0.264 e. The van der Waals surface area contributed by atoms with Gasteiger partial charge in [-0.25, -0.2) is 4.99 Å². The van der Waals surface area contributed by atoms with E-state index in [4.69, 9.17) is 4.74 Å². The fraction of sp³-hybridized carbons (Fsp3) is 0.0435. The van der Waals surface area contributed by atoms with Gasteiger partial charge in [0.2, 0.25) is 0 Å². The van der Waals surface area contributed by atoms with Gasteiger partial charge in [-0.05, 0) is 65.4 Å². The van der Waals surface area contributed by atoms with E-state index >= 15 is 0 Å². The molecule has 29 heavy (non-hydrogen) atoms. The van der Waals surface area contributed by atoms with Gasteiger partial charge in [-0.3, -0.25) is 4.79 Å². The fourth-order valence-electron chi connectivity index (χ4n) is 2.69. The van der Waals surface area contributed by atoms with Gasteiger partial charge in [0.05, 0.1) is 10.6 Å². The Balaban J connectivity index is 1.45. The van der Waals surface area contributed by atoms with E-state index in [1.54, 1.807) is 0 Å². The lowest BCUT2D eigenvalue weighted by Crippen LogP contribution is -2.19. The molecule has 144 valence electrons. The van der Waals surface area contributed by atoms with E-state index in [-0.39, 0.29) is 5.91 Å². The summed E-state index contributed by atoms with van der Waals surface area (Å²) in [5.41, 5.74) is 2.79. The van der Waals surface area contributed by atoms with E-state index in [2.05, 4.69) is 26.2 Å². The smallest absolute Gasteiger partial charge is 0.264 e. The van der Waals surface area contributed by atoms with Crippen LogP contribution in [0.3, 0.4) is 0 Å². The van der Waals surface area contributed by atoms with Crippen LogP contribution in [0.25, 0.3) is 6.08 Å². The number of nitrogens with zero attached hydrogens (tertiary/aromatic N) is 1. The monoisotopic (exact) mass is 464 g/mol. The average molecular weight is 465 g/mol. The number of carbonyl (C=O) groups excluding carboxylic acids is 1. The predicted octanol–water partition coefficient (Wildman–Crippen LogP) is 5.92. The van der Waals surface area contributed by atoms with Crippen LogP contribution in [0.1, 0.15) is 11.1 Å². The van der Waals surface area contributed by atoms with Gasteiger partial charge in [-0.15, -0.1) is 0 Å². The Morgan fingerprint density at radius 1 is 1.00 bits per heavy atom. The van der Waals surface area contributed by atoms with Crippen molar-refractivity contribution in [3.05, 3.63) is 99.4 Å². The molecule has 0 atom stereocenters. The maximum absolute atomic E-state index is 12.3. The van der Waals surface area contributed by atoms with Crippen molar-refractivity contribution in [3.63, 3.8) is 0 Å². The van der Waals surface area contributed by atoms with Crippen LogP contribution in [0.4, 0.5) is 5.69 Å². The Morgan fingerprint density at radius 3 is 2.59 bits per heavy atom. The molecule has 3 aromatic rings. The highest BCUT2D eigenvalue weighted by molar-refractivity contribution is 9.10. The van der Waals surface area contributed by atoms with Gasteiger partial charge >= 0.3 is 0 Å². The Labute approximate surface area is 181 Å². The summed E-state index contributed by atoms with van der Waals surface area (Å²) in [5.74, 6) is 0.606. The number of rotatable bonds is 5. The van der Waals surface area contributed by atoms with E-state index in [9.17, 15) is 4.79 Å². The number of hydrogen-bond acceptors (Lipinski definition) is 4. The number of amides is 1. The lowest BCUT2D eigenvalue weighted by molar-refractivity contribution is -0.115. The zero-order chi connectivity index (χ0) is 20.1. The summed E-state index contributed by atoms with van der Waals surface area (Å²) in [6.45, 7) is 0.483. The molecule has 0 saturated carbocycles. The quantitative estimate of drug-likeness (QED) is 0.476. The van der Waals surface area contributed by atoms with Crippen LogP contribution >= 0.6 is 27.7 Å². The van der Waals surface area contributed by atoms with Crippen molar-refractivity contribution >= 4 is 50.5 Å². The molecular formula is C23H17BrN2O2S. The number of hydrogen-bond donors (Lipinski definition) is 1. The number of ether oxygens (including phenoxy) is 1. The summed E-state index contributed by atoms with van der Waals surface area (Å²) in [5, 5.41) is 3.39. The first-order valence-electron chi connectivity index (χ1n) is 8.98. The first-order valence-corrected chi connectivity index (χ1v) is 10.6. The lowest BCUT2D eigenvalue weighted by Gasteiger charge is -2.07. The van der Waals surface area contributed by atoms with Crippen LogP contribution in [0.15, 0.2) is 93.2 Å². The second kappa shape index (κ2) is 9.11. The Kier molecular flexibility index (Phi) is 6.12. The van der Waals surface area contributed by atoms with E-state index in [0.29, 0.717) is 16.7 Å². The molecule has 0 spiro atoms. The summed E-state index contributed by atoms with van der Waals surface area (Å²) in [4.78, 5) is 17.4. The van der Waals surface area contributed by atoms with Gasteiger partial charge in [0.15, 0.2) is 5.17 Å². The topological polar surface area (TPSA) is 50.7 Å². The minimum Gasteiger partial charge on any atom is -0.489 e. The third-order valence-corrected chi connectivity index (χ3v) is 5.55. The third-order valence-electron chi connectivity index (χ3n) is 4.11. The Bertz CT molecular complexity index is 1080. The summed E-state index contributed by atoms with van der Waals surface area (Å²) in [6, 6.07) is 25.3. The molecule has 1 heterocycles. The van der Waals surface area contributed by atoms with Crippen molar-refractivity contribution in [2.24, 2.45) is 4.99 Å². The SMILES string of the molecule is O=C1NC(=Nc2ccccc2)S/C1=C\c1cccc(OCc2ccc(Br)cc2)c1. The molecule has 3 aromatic carbocycles. The second-order valence-electron chi connectivity index (χ2n) is 6.30. The summed E-state index contributed by atoms with van der Waals surface area (Å²) < 4.78 is 6.93. The van der Waals surface area contributed by atoms with Crippen molar-refractivity contribution in [2.75, 3.05) is 0 Å². The highest BCUT2D eigenvalue weighted by Crippen LogP contribution is 2.28. The van der Waals surface area contributed by atoms with Crippen molar-refractivity contribution < 1.29 is 9.53 Å². The number of aliphatic imine (C=N–C) groups is 1. The zero-order valence-corrected chi connectivity index (χ0v) is 17.7. The van der Waals surface area contributed by atoms with E-state index < -0.39 is 0 Å². The standard InChI is InChI=1S/C23H17BrN2O2S/c24-18-11-9-16(10-12-18)15-28-20-8-4-5-17(13-20)14-21-22(27)26-23(29-21)25-19-6-2-1-3-7-19/h1-14H,15H2,(H,25,26,27)/b21-14-. The summed E-state index contributed by atoms with van der Waals surface area (Å²) >= 11 is 4.76. The van der Waals surface area contributed by atoms with Gasteiger partial charge in [0.25, 0.3) is 5.91 Å². The maximum atomic E-state index is 12.3. The van der Waals surface area contributed by atoms with Crippen molar-refractivity contribution in [1.82, 2.24) is 5.32 Å². The second-order valence-corrected chi connectivity index (χ2v) is 8.25. The Morgan fingerprint density at radius 2 is 1.79 bits per heavy atom. The molecular weight excluding hydrogens is 448 g/mol. The zero-order valence-electron chi connectivity index (χ0n) is 15.3. The normalized spacial score (nSPS) is 16.2. The third kappa shape index (κ3) is 5.37. The highest BCUT2D eigenvalue weighted by atomic mass is 79.9. The summed E-state index contributed by atoms with van der Waals surface area (Å²) in [7, 11) is 0. The predicted molar refractivity (Wildman–Crippen MR) is 122 cm³/mol. The minimum atomic E-state index is -0.147. The molecule has 1 N–H and O–H groups in total. The van der Waals surface area contributed by atoms with E-state index in [1.165, 1.54) is 11.8 Å². The van der Waals surface area contributed by atoms with Crippen LogP contribution in [0.2, 0.25) is 0 Å². The fourth-order valence-corrected chi connectivity index (χ4v) is 3.80. The van der Waals surface area contributed by atoms with Crippen LogP contribution in [0.5, 0.6) is 5.75 Å². The number of carbonyl (C=O) groups is 1. The summed E-state index contributed by atoms with van der Waals surface area (Å²) in [6.07, 6.45) is 1.85. The minimum absolute atomic E-state index is 0.147. The van der Waals surface area contributed by atoms with Gasteiger partial charge in [0.1, 0.15) is 12.4 Å². The molecule has 6 heteroatoms. The highest BCUT2D eigenvalue weighted by Gasteiger charge is 2.23. The molecule has 4 nitrogen and oxygen atoms in total. The number of thioether (sulfide) groups is 1. The van der Waals surface area contributed by atoms with Gasteiger partial charge in [-0.2, -0.15) is 0 Å². The first-order chi connectivity index (χ1) is 14.2. The van der Waals surface area contributed by atoms with Crippen molar-refractivity contribution in [1.29, 1.82) is 0 Å². The average Bonchev–Trinajstić information content (AvgIpc) is 3.07. The molecule has 0 bridgehead atoms. The van der Waals surface area contributed by atoms with E-state index in [0.717, 1.165) is 27.0 Å².